The number of carboxylic acid groups (broad SMARTS) is 1. The fraction of sp³-hybridized carbons (Fsp3) is 0.818. The Morgan fingerprint density at radius 2 is 1.84 bits per heavy atom. The molecule has 0 fully saturated rings. The molecule has 0 aromatic carbocycles. The number of hydroxylamine groups is 2. The Balaban J connectivity index is 3.41. The van der Waals surface area contributed by atoms with Gasteiger partial charge in [0, 0.05) is 13.6 Å². The first-order valence-electron chi connectivity index (χ1n) is 5.86. The summed E-state index contributed by atoms with van der Waals surface area (Å²) in [5.74, 6) is 0. The van der Waals surface area contributed by atoms with Gasteiger partial charge < -0.3 is 19.9 Å². The van der Waals surface area contributed by atoms with Crippen molar-refractivity contribution in [2.75, 3.05) is 33.4 Å². The van der Waals surface area contributed by atoms with Crippen LogP contribution in [-0.2, 0) is 14.3 Å². The van der Waals surface area contributed by atoms with Gasteiger partial charge in [0.2, 0.25) is 0 Å². The van der Waals surface area contributed by atoms with E-state index in [4.69, 9.17) is 19.4 Å². The number of rotatable bonds is 7. The average Bonchev–Trinajstić information content (AvgIpc) is 2.24. The van der Waals surface area contributed by atoms with Crippen LogP contribution in [-0.4, -0.2) is 61.4 Å². The van der Waals surface area contributed by atoms with Crippen LogP contribution in [0.3, 0.4) is 0 Å². The summed E-state index contributed by atoms with van der Waals surface area (Å²) in [5, 5.41) is 11.7. The highest BCUT2D eigenvalue weighted by atomic mass is 16.7. The lowest BCUT2D eigenvalue weighted by molar-refractivity contribution is -0.126. The van der Waals surface area contributed by atoms with E-state index < -0.39 is 17.8 Å². The molecule has 8 nitrogen and oxygen atoms in total. The monoisotopic (exact) mass is 278 g/mol. The summed E-state index contributed by atoms with van der Waals surface area (Å²) >= 11 is 0. The molecule has 0 radical (unpaired) electrons. The molecule has 0 heterocycles. The summed E-state index contributed by atoms with van der Waals surface area (Å²) in [6, 6.07) is 0. The average molecular weight is 278 g/mol. The lowest BCUT2D eigenvalue weighted by Gasteiger charge is -2.19. The van der Waals surface area contributed by atoms with Crippen molar-refractivity contribution in [3.8, 4) is 0 Å². The van der Waals surface area contributed by atoms with Crippen LogP contribution in [0, 0.1) is 0 Å². The third kappa shape index (κ3) is 11.3. The van der Waals surface area contributed by atoms with E-state index in [2.05, 4.69) is 5.32 Å². The number of amides is 2. The van der Waals surface area contributed by atoms with Gasteiger partial charge >= 0.3 is 12.2 Å². The highest BCUT2D eigenvalue weighted by molar-refractivity contribution is 5.67. The number of nitrogens with zero attached hydrogens (tertiary/aromatic N) is 1. The third-order valence-electron chi connectivity index (χ3n) is 1.70. The number of carbonyl (C=O) groups excluding carboxylic acids is 1. The van der Waals surface area contributed by atoms with E-state index in [1.807, 2.05) is 0 Å². The van der Waals surface area contributed by atoms with Gasteiger partial charge in [-0.2, -0.15) is 5.06 Å². The van der Waals surface area contributed by atoms with Crippen molar-refractivity contribution in [3.05, 3.63) is 0 Å². The molecule has 2 N–H and O–H groups in total. The van der Waals surface area contributed by atoms with Crippen molar-refractivity contribution in [1.29, 1.82) is 0 Å². The minimum absolute atomic E-state index is 0.120. The molecule has 0 aromatic rings. The Bertz CT molecular complexity index is 289. The quantitative estimate of drug-likeness (QED) is 0.534. The molecule has 2 amide bonds. The van der Waals surface area contributed by atoms with Gasteiger partial charge in [-0.1, -0.05) is 0 Å². The Kier molecular flexibility index (Phi) is 7.85. The molecule has 0 aromatic heterocycles. The van der Waals surface area contributed by atoms with E-state index in [1.165, 1.54) is 7.05 Å². The first kappa shape index (κ1) is 17.5. The lowest BCUT2D eigenvalue weighted by Crippen LogP contribution is -2.34. The van der Waals surface area contributed by atoms with Gasteiger partial charge in [-0.15, -0.1) is 0 Å². The second-order valence-electron chi connectivity index (χ2n) is 4.65. The van der Waals surface area contributed by atoms with E-state index >= 15 is 0 Å². The minimum atomic E-state index is -1.17. The molecule has 0 atom stereocenters. The molecular weight excluding hydrogens is 256 g/mol. The largest absolute Gasteiger partial charge is 0.463 e. The first-order chi connectivity index (χ1) is 8.72. The second kappa shape index (κ2) is 8.54. The molecule has 0 rings (SSSR count). The highest BCUT2D eigenvalue weighted by Gasteiger charge is 2.15. The maximum atomic E-state index is 11.2. The smallest absolute Gasteiger partial charge is 0.431 e. The molecule has 0 aliphatic rings. The number of ether oxygens (including phenoxy) is 2. The topological polar surface area (TPSA) is 97.3 Å². The zero-order valence-corrected chi connectivity index (χ0v) is 11.8. The number of alkyl carbamates (subject to hydrolysis) is 1. The van der Waals surface area contributed by atoms with Crippen LogP contribution in [0.2, 0.25) is 0 Å². The summed E-state index contributed by atoms with van der Waals surface area (Å²) < 4.78 is 10.2. The number of carbonyl (C=O) groups is 2. The minimum Gasteiger partial charge on any atom is -0.463 e. The van der Waals surface area contributed by atoms with Gasteiger partial charge in [0.1, 0.15) is 5.60 Å². The summed E-state index contributed by atoms with van der Waals surface area (Å²) in [6.45, 7) is 6.28. The van der Waals surface area contributed by atoms with Gasteiger partial charge in [-0.3, -0.25) is 4.84 Å². The predicted molar refractivity (Wildman–Crippen MR) is 66.8 cm³/mol. The van der Waals surface area contributed by atoms with Gasteiger partial charge in [0.15, 0.2) is 0 Å². The van der Waals surface area contributed by atoms with Crippen LogP contribution < -0.4 is 5.32 Å². The van der Waals surface area contributed by atoms with Crippen LogP contribution in [0.5, 0.6) is 0 Å². The fourth-order valence-electron chi connectivity index (χ4n) is 0.930. The maximum Gasteiger partial charge on any atom is 0.431 e. The molecule has 0 spiro atoms. The molecule has 0 unspecified atom stereocenters. The summed E-state index contributed by atoms with van der Waals surface area (Å²) in [6.07, 6.45) is -1.68. The highest BCUT2D eigenvalue weighted by Crippen LogP contribution is 2.05. The van der Waals surface area contributed by atoms with Crippen molar-refractivity contribution >= 4 is 12.2 Å². The van der Waals surface area contributed by atoms with Crippen molar-refractivity contribution in [1.82, 2.24) is 10.4 Å². The third-order valence-corrected chi connectivity index (χ3v) is 1.70. The normalized spacial score (nSPS) is 10.9. The van der Waals surface area contributed by atoms with Crippen molar-refractivity contribution in [2.45, 2.75) is 26.4 Å². The fourth-order valence-corrected chi connectivity index (χ4v) is 0.930. The molecule has 112 valence electrons. The second-order valence-corrected chi connectivity index (χ2v) is 4.65. The Morgan fingerprint density at radius 3 is 2.37 bits per heavy atom. The number of hydrogen-bond acceptors (Lipinski definition) is 5. The zero-order valence-electron chi connectivity index (χ0n) is 11.8. The lowest BCUT2D eigenvalue weighted by atomic mass is 10.2. The van der Waals surface area contributed by atoms with Crippen LogP contribution in [0.15, 0.2) is 0 Å². The summed E-state index contributed by atoms with van der Waals surface area (Å²) in [5.41, 5.74) is -0.528. The number of nitrogens with one attached hydrogen (secondary N) is 1. The molecule has 0 aliphatic heterocycles. The van der Waals surface area contributed by atoms with Crippen molar-refractivity contribution < 1.29 is 29.0 Å². The Hall–Kier alpha value is -1.54. The SMILES string of the molecule is CN(OCCOCCNC(=O)OC(C)(C)C)C(=O)O. The molecule has 0 bridgehead atoms. The molecule has 0 saturated heterocycles. The standard InChI is InChI=1S/C11H22N2O6/c1-11(2,3)19-9(14)12-5-6-17-7-8-18-13(4)10(15)16/h5-8H2,1-4H3,(H,12,14)(H,15,16). The zero-order chi connectivity index (χ0) is 14.9. The van der Waals surface area contributed by atoms with E-state index in [0.29, 0.717) is 18.2 Å². The van der Waals surface area contributed by atoms with E-state index in [-0.39, 0.29) is 13.2 Å². The molecule has 8 heteroatoms. The Labute approximate surface area is 112 Å². The van der Waals surface area contributed by atoms with Crippen LogP contribution in [0.1, 0.15) is 20.8 Å². The molecular formula is C11H22N2O6. The molecule has 19 heavy (non-hydrogen) atoms. The van der Waals surface area contributed by atoms with Crippen LogP contribution in [0.4, 0.5) is 9.59 Å². The summed E-state index contributed by atoms with van der Waals surface area (Å²) in [4.78, 5) is 26.4. The number of hydrogen-bond donors (Lipinski definition) is 2. The maximum absolute atomic E-state index is 11.2. The van der Waals surface area contributed by atoms with E-state index in [1.54, 1.807) is 20.8 Å². The predicted octanol–water partition coefficient (Wildman–Crippen LogP) is 1.07. The van der Waals surface area contributed by atoms with E-state index in [0.717, 1.165) is 0 Å². The van der Waals surface area contributed by atoms with Crippen LogP contribution in [0.25, 0.3) is 0 Å². The van der Waals surface area contributed by atoms with Gasteiger partial charge in [0.25, 0.3) is 0 Å². The van der Waals surface area contributed by atoms with Crippen LogP contribution >= 0.6 is 0 Å². The molecule has 0 aliphatic carbocycles. The van der Waals surface area contributed by atoms with Gasteiger partial charge in [-0.05, 0) is 20.8 Å². The first-order valence-corrected chi connectivity index (χ1v) is 5.86. The van der Waals surface area contributed by atoms with E-state index in [9.17, 15) is 9.59 Å². The van der Waals surface area contributed by atoms with Gasteiger partial charge in [-0.25, -0.2) is 9.59 Å². The van der Waals surface area contributed by atoms with Gasteiger partial charge in [0.05, 0.1) is 19.8 Å². The van der Waals surface area contributed by atoms with Crippen molar-refractivity contribution in [2.24, 2.45) is 0 Å². The molecule has 0 saturated carbocycles. The summed E-state index contributed by atoms with van der Waals surface area (Å²) in [7, 11) is 1.28. The van der Waals surface area contributed by atoms with Crippen molar-refractivity contribution in [3.63, 3.8) is 0 Å². The Morgan fingerprint density at radius 1 is 1.21 bits per heavy atom.